The molecule has 0 aromatic heterocycles. The third-order valence-electron chi connectivity index (χ3n) is 8.98. The minimum atomic E-state index is -0.817. The second-order valence-electron chi connectivity index (χ2n) is 10.1. The molecule has 0 saturated heterocycles. The summed E-state index contributed by atoms with van der Waals surface area (Å²) in [5.41, 5.74) is 1.02. The van der Waals surface area contributed by atoms with Crippen LogP contribution < -0.4 is 0 Å². The van der Waals surface area contributed by atoms with Crippen LogP contribution in [0.2, 0.25) is 0 Å². The molecule has 150 valence electrons. The lowest BCUT2D eigenvalue weighted by molar-refractivity contribution is -0.134. The van der Waals surface area contributed by atoms with Gasteiger partial charge in [0, 0.05) is 18.3 Å². The molecule has 0 bridgehead atoms. The number of aliphatic hydroxyl groups excluding tert-OH is 2. The number of ketones is 2. The molecular weight excluding hydrogens is 340 g/mol. The molecule has 2 N–H and O–H groups in total. The summed E-state index contributed by atoms with van der Waals surface area (Å²) in [4.78, 5) is 25.0. The first-order valence-corrected chi connectivity index (χ1v) is 10.9. The minimum Gasteiger partial charge on any atom is -0.390 e. The van der Waals surface area contributed by atoms with Crippen LogP contribution in [0.25, 0.3) is 0 Å². The molecule has 3 saturated carbocycles. The van der Waals surface area contributed by atoms with E-state index in [1.54, 1.807) is 0 Å². The Morgan fingerprint density at radius 1 is 1.11 bits per heavy atom. The highest BCUT2D eigenvalue weighted by molar-refractivity contribution is 5.91. The fourth-order valence-electron chi connectivity index (χ4n) is 7.36. The average Bonchev–Trinajstić information content (AvgIpc) is 2.92. The zero-order chi connectivity index (χ0) is 19.6. The molecule has 0 radical (unpaired) electrons. The van der Waals surface area contributed by atoms with E-state index in [1.165, 1.54) is 5.57 Å². The number of hydrogen-bond acceptors (Lipinski definition) is 4. The van der Waals surface area contributed by atoms with Gasteiger partial charge in [-0.15, -0.1) is 0 Å². The Morgan fingerprint density at radius 2 is 1.85 bits per heavy atom. The van der Waals surface area contributed by atoms with E-state index in [4.69, 9.17) is 0 Å². The van der Waals surface area contributed by atoms with Crippen LogP contribution in [-0.4, -0.2) is 34.0 Å². The quantitative estimate of drug-likeness (QED) is 0.793. The van der Waals surface area contributed by atoms with Crippen molar-refractivity contribution >= 4 is 11.6 Å². The van der Waals surface area contributed by atoms with E-state index in [0.29, 0.717) is 31.1 Å². The maximum atomic E-state index is 13.0. The number of hydrogen-bond donors (Lipinski definition) is 2. The molecule has 0 aliphatic heterocycles. The summed E-state index contributed by atoms with van der Waals surface area (Å²) in [7, 11) is 0. The third kappa shape index (κ3) is 2.70. The number of allylic oxidation sites excluding steroid dienone is 1. The van der Waals surface area contributed by atoms with Crippen molar-refractivity contribution in [3.63, 3.8) is 0 Å². The Hall–Kier alpha value is -1.00. The maximum absolute atomic E-state index is 13.0. The van der Waals surface area contributed by atoms with E-state index in [2.05, 4.69) is 13.8 Å². The normalized spacial score (nSPS) is 46.2. The van der Waals surface area contributed by atoms with E-state index in [9.17, 15) is 19.8 Å². The van der Waals surface area contributed by atoms with Gasteiger partial charge in [-0.25, -0.2) is 0 Å². The summed E-state index contributed by atoms with van der Waals surface area (Å²) >= 11 is 0. The molecule has 0 aromatic rings. The second kappa shape index (κ2) is 6.52. The van der Waals surface area contributed by atoms with Crippen LogP contribution in [0.1, 0.15) is 72.1 Å². The molecule has 0 amide bonds. The molecule has 4 rings (SSSR count). The molecule has 2 unspecified atom stereocenters. The summed E-state index contributed by atoms with van der Waals surface area (Å²) < 4.78 is 0. The van der Waals surface area contributed by atoms with Crippen molar-refractivity contribution in [1.29, 1.82) is 0 Å². The van der Waals surface area contributed by atoms with E-state index in [1.807, 2.05) is 13.0 Å². The van der Waals surface area contributed by atoms with Crippen molar-refractivity contribution in [2.24, 2.45) is 34.5 Å². The van der Waals surface area contributed by atoms with E-state index in [-0.39, 0.29) is 34.2 Å². The van der Waals surface area contributed by atoms with Crippen molar-refractivity contribution in [3.05, 3.63) is 11.6 Å². The summed E-state index contributed by atoms with van der Waals surface area (Å²) in [5.74, 6) is 1.43. The van der Waals surface area contributed by atoms with Gasteiger partial charge in [0.25, 0.3) is 0 Å². The molecule has 4 aliphatic rings. The third-order valence-corrected chi connectivity index (χ3v) is 8.98. The summed E-state index contributed by atoms with van der Waals surface area (Å²) in [6, 6.07) is 0. The van der Waals surface area contributed by atoms with Gasteiger partial charge in [-0.05, 0) is 73.7 Å². The maximum Gasteiger partial charge on any atom is 0.155 e. The van der Waals surface area contributed by atoms with Gasteiger partial charge >= 0.3 is 0 Å². The largest absolute Gasteiger partial charge is 0.390 e. The van der Waals surface area contributed by atoms with Gasteiger partial charge in [-0.3, -0.25) is 9.59 Å². The number of Topliss-reactive ketones (excluding diaryl/α,β-unsaturated/α-hetero) is 1. The van der Waals surface area contributed by atoms with E-state index in [0.717, 1.165) is 32.1 Å². The van der Waals surface area contributed by atoms with Gasteiger partial charge in [0.1, 0.15) is 5.78 Å². The second-order valence-corrected chi connectivity index (χ2v) is 10.1. The van der Waals surface area contributed by atoms with Crippen molar-refractivity contribution in [1.82, 2.24) is 0 Å². The first kappa shape index (κ1) is 19.3. The fourth-order valence-corrected chi connectivity index (χ4v) is 7.36. The topological polar surface area (TPSA) is 74.6 Å². The van der Waals surface area contributed by atoms with Crippen molar-refractivity contribution in [3.8, 4) is 0 Å². The smallest absolute Gasteiger partial charge is 0.155 e. The highest BCUT2D eigenvalue weighted by atomic mass is 16.3. The lowest BCUT2D eigenvalue weighted by Crippen LogP contribution is -2.53. The predicted molar refractivity (Wildman–Crippen MR) is 103 cm³/mol. The van der Waals surface area contributed by atoms with Crippen LogP contribution in [0.5, 0.6) is 0 Å². The monoisotopic (exact) mass is 374 g/mol. The Labute approximate surface area is 162 Å². The van der Waals surface area contributed by atoms with Crippen LogP contribution in [-0.2, 0) is 9.59 Å². The van der Waals surface area contributed by atoms with Gasteiger partial charge < -0.3 is 10.2 Å². The Morgan fingerprint density at radius 3 is 2.56 bits per heavy atom. The average molecular weight is 375 g/mol. The number of carbonyl (C=O) groups is 2. The zero-order valence-electron chi connectivity index (χ0n) is 16.9. The van der Waals surface area contributed by atoms with Crippen LogP contribution in [0, 0.1) is 34.5 Å². The minimum absolute atomic E-state index is 0.0582. The number of carbonyl (C=O) groups excluding carboxylic acids is 2. The van der Waals surface area contributed by atoms with E-state index >= 15 is 0 Å². The van der Waals surface area contributed by atoms with Crippen LogP contribution in [0.15, 0.2) is 11.6 Å². The molecule has 4 aliphatic carbocycles. The zero-order valence-corrected chi connectivity index (χ0v) is 16.9. The lowest BCUT2D eigenvalue weighted by Gasteiger charge is -2.58. The summed E-state index contributed by atoms with van der Waals surface area (Å²) in [5, 5.41) is 21.2. The molecule has 27 heavy (non-hydrogen) atoms. The predicted octanol–water partition coefficient (Wildman–Crippen LogP) is 3.45. The van der Waals surface area contributed by atoms with Crippen LogP contribution in [0.4, 0.5) is 0 Å². The Balaban J connectivity index is 1.70. The van der Waals surface area contributed by atoms with E-state index < -0.39 is 12.2 Å². The number of aliphatic hydroxyl groups is 2. The fraction of sp³-hybridized carbons (Fsp3) is 0.826. The van der Waals surface area contributed by atoms with Gasteiger partial charge in [-0.1, -0.05) is 26.3 Å². The van der Waals surface area contributed by atoms with Gasteiger partial charge in [-0.2, -0.15) is 0 Å². The Bertz CT molecular complexity index is 682. The molecule has 4 heteroatoms. The van der Waals surface area contributed by atoms with Crippen molar-refractivity contribution in [2.75, 3.05) is 0 Å². The molecule has 4 nitrogen and oxygen atoms in total. The number of rotatable bonds is 3. The summed E-state index contributed by atoms with van der Waals surface area (Å²) in [6.45, 7) is 6.32. The molecule has 3 fully saturated rings. The SMILES string of the molecule is CCC(O)C(O)[C@H]1CC(=O)[C@@]2(C)CC[C@H]3[C@@H](CCC4=CC(=O)CC[C@@]43C)[C@H]12. The highest BCUT2D eigenvalue weighted by Gasteiger charge is 2.63. The molecule has 0 spiro atoms. The van der Waals surface area contributed by atoms with Crippen molar-refractivity contribution in [2.45, 2.75) is 84.3 Å². The Kier molecular flexibility index (Phi) is 4.67. The van der Waals surface area contributed by atoms with Gasteiger partial charge in [0.05, 0.1) is 12.2 Å². The van der Waals surface area contributed by atoms with Crippen LogP contribution >= 0.6 is 0 Å². The summed E-state index contributed by atoms with van der Waals surface area (Å²) in [6.07, 6.45) is 6.63. The molecule has 0 heterocycles. The van der Waals surface area contributed by atoms with Crippen LogP contribution in [0.3, 0.4) is 0 Å². The molecule has 0 aromatic carbocycles. The number of fused-ring (bicyclic) bond motifs is 5. The molecule has 8 atom stereocenters. The first-order chi connectivity index (χ1) is 12.7. The van der Waals surface area contributed by atoms with Gasteiger partial charge in [0.15, 0.2) is 5.78 Å². The standard InChI is InChI=1S/C23H34O4/c1-4-18(25)21(27)16-12-19(26)23(3)10-8-17-15(20(16)23)6-5-13-11-14(24)7-9-22(13,17)2/h11,15-18,20-21,25,27H,4-10,12H2,1-3H3/t15-,16+,17+,18?,20-,21?,22+,23-/m1/s1. The van der Waals surface area contributed by atoms with Crippen molar-refractivity contribution < 1.29 is 19.8 Å². The first-order valence-electron chi connectivity index (χ1n) is 10.9. The lowest BCUT2D eigenvalue weighted by atomic mass is 9.46. The highest BCUT2D eigenvalue weighted by Crippen LogP contribution is 2.66. The molecular formula is C23H34O4. The van der Waals surface area contributed by atoms with Gasteiger partial charge in [0.2, 0.25) is 0 Å².